The summed E-state index contributed by atoms with van der Waals surface area (Å²) in [4.78, 5) is 8.48. The molecule has 6 nitrogen and oxygen atoms in total. The molecule has 3 rings (SSSR count). The van der Waals surface area contributed by atoms with Crippen molar-refractivity contribution in [3.63, 3.8) is 0 Å². The number of nitrogens with zero attached hydrogens (tertiary/aromatic N) is 2. The maximum absolute atomic E-state index is 13.4. The van der Waals surface area contributed by atoms with Gasteiger partial charge in [0.25, 0.3) is 0 Å². The summed E-state index contributed by atoms with van der Waals surface area (Å²) in [7, 11) is 0. The summed E-state index contributed by atoms with van der Waals surface area (Å²) in [5.74, 6) is -0.418. The van der Waals surface area contributed by atoms with Crippen molar-refractivity contribution < 1.29 is 27.4 Å². The number of aliphatic hydroxyl groups excluding tert-OH is 1. The standard InChI is InChI=1S/C19H16F4N4O2/c20-13-4-2-5-14(10-13)25-17-11-16(26-18(27-17)24-7-8-28)12-3-1-6-15(9-12)29-19(21,22)23/h1-6,9-11,28H,7-8H2,(H2,24,25,26,27). The van der Waals surface area contributed by atoms with Crippen molar-refractivity contribution in [2.75, 3.05) is 23.8 Å². The predicted octanol–water partition coefficient (Wildman–Crippen LogP) is 4.33. The quantitative estimate of drug-likeness (QED) is 0.505. The summed E-state index contributed by atoms with van der Waals surface area (Å²) in [5.41, 5.74) is 1.08. The molecule has 29 heavy (non-hydrogen) atoms. The molecule has 3 aromatic rings. The largest absolute Gasteiger partial charge is 0.573 e. The van der Waals surface area contributed by atoms with E-state index in [1.54, 1.807) is 12.1 Å². The highest BCUT2D eigenvalue weighted by atomic mass is 19.4. The van der Waals surface area contributed by atoms with Gasteiger partial charge in [0, 0.05) is 23.9 Å². The van der Waals surface area contributed by atoms with E-state index in [1.807, 2.05) is 0 Å². The van der Waals surface area contributed by atoms with Crippen LogP contribution in [0.4, 0.5) is 35.0 Å². The Hall–Kier alpha value is -3.40. The number of ether oxygens (including phenoxy) is 1. The lowest BCUT2D eigenvalue weighted by atomic mass is 10.1. The van der Waals surface area contributed by atoms with E-state index in [0.717, 1.165) is 0 Å². The van der Waals surface area contributed by atoms with Crippen LogP contribution in [-0.4, -0.2) is 34.6 Å². The molecule has 0 unspecified atom stereocenters. The van der Waals surface area contributed by atoms with Crippen LogP contribution < -0.4 is 15.4 Å². The number of alkyl halides is 3. The van der Waals surface area contributed by atoms with Crippen molar-refractivity contribution in [2.45, 2.75) is 6.36 Å². The SMILES string of the molecule is OCCNc1nc(Nc2cccc(F)c2)cc(-c2cccc(OC(F)(F)F)c2)n1. The number of halogens is 4. The average molecular weight is 408 g/mol. The molecule has 1 aromatic heterocycles. The lowest BCUT2D eigenvalue weighted by Crippen LogP contribution is -2.17. The van der Waals surface area contributed by atoms with Gasteiger partial charge in [0.2, 0.25) is 5.95 Å². The number of hydrogen-bond donors (Lipinski definition) is 3. The van der Waals surface area contributed by atoms with Crippen LogP contribution >= 0.6 is 0 Å². The first-order valence-electron chi connectivity index (χ1n) is 8.45. The fourth-order valence-corrected chi connectivity index (χ4v) is 2.47. The third-order valence-electron chi connectivity index (χ3n) is 3.58. The summed E-state index contributed by atoms with van der Waals surface area (Å²) in [6.07, 6.45) is -4.82. The molecule has 0 saturated heterocycles. The van der Waals surface area contributed by atoms with E-state index in [1.165, 1.54) is 42.5 Å². The van der Waals surface area contributed by atoms with E-state index < -0.39 is 17.9 Å². The van der Waals surface area contributed by atoms with Gasteiger partial charge in [-0.15, -0.1) is 13.2 Å². The Labute approximate surface area is 163 Å². The Balaban J connectivity index is 1.96. The Morgan fingerprint density at radius 3 is 2.52 bits per heavy atom. The van der Waals surface area contributed by atoms with Crippen LogP contribution in [-0.2, 0) is 0 Å². The van der Waals surface area contributed by atoms with Gasteiger partial charge in [0.05, 0.1) is 12.3 Å². The second kappa shape index (κ2) is 8.74. The molecule has 0 radical (unpaired) electrons. The van der Waals surface area contributed by atoms with Gasteiger partial charge in [-0.2, -0.15) is 4.98 Å². The molecule has 0 bridgehead atoms. The molecule has 152 valence electrons. The highest BCUT2D eigenvalue weighted by Gasteiger charge is 2.31. The molecule has 0 aliphatic carbocycles. The van der Waals surface area contributed by atoms with Crippen LogP contribution in [0.3, 0.4) is 0 Å². The van der Waals surface area contributed by atoms with Gasteiger partial charge in [-0.25, -0.2) is 9.37 Å². The van der Waals surface area contributed by atoms with Crippen LogP contribution in [0, 0.1) is 5.82 Å². The van der Waals surface area contributed by atoms with Crippen LogP contribution in [0.5, 0.6) is 5.75 Å². The number of hydrogen-bond acceptors (Lipinski definition) is 6. The smallest absolute Gasteiger partial charge is 0.406 e. The number of nitrogens with one attached hydrogen (secondary N) is 2. The third kappa shape index (κ3) is 6.04. The van der Waals surface area contributed by atoms with Crippen molar-refractivity contribution in [2.24, 2.45) is 0 Å². The zero-order valence-electron chi connectivity index (χ0n) is 14.9. The summed E-state index contributed by atoms with van der Waals surface area (Å²) in [5, 5.41) is 14.7. The maximum Gasteiger partial charge on any atom is 0.573 e. The molecular formula is C19H16F4N4O2. The van der Waals surface area contributed by atoms with Crippen LogP contribution in [0.25, 0.3) is 11.3 Å². The van der Waals surface area contributed by atoms with Gasteiger partial charge in [0.1, 0.15) is 17.4 Å². The number of aliphatic hydroxyl groups is 1. The highest BCUT2D eigenvalue weighted by molar-refractivity contribution is 5.68. The fraction of sp³-hybridized carbons (Fsp3) is 0.158. The number of rotatable bonds is 7. The summed E-state index contributed by atoms with van der Waals surface area (Å²) in [6, 6.07) is 12.5. The molecule has 0 aliphatic heterocycles. The zero-order chi connectivity index (χ0) is 20.9. The molecular weight excluding hydrogens is 392 g/mol. The van der Waals surface area contributed by atoms with Crippen molar-refractivity contribution in [1.82, 2.24) is 9.97 Å². The average Bonchev–Trinajstić information content (AvgIpc) is 2.65. The lowest BCUT2D eigenvalue weighted by molar-refractivity contribution is -0.274. The minimum absolute atomic E-state index is 0.137. The van der Waals surface area contributed by atoms with Gasteiger partial charge >= 0.3 is 6.36 Å². The predicted molar refractivity (Wildman–Crippen MR) is 99.4 cm³/mol. The number of anilines is 3. The molecule has 0 amide bonds. The van der Waals surface area contributed by atoms with Crippen LogP contribution in [0.2, 0.25) is 0 Å². The van der Waals surface area contributed by atoms with Gasteiger partial charge in [-0.3, -0.25) is 0 Å². The van der Waals surface area contributed by atoms with Gasteiger partial charge < -0.3 is 20.5 Å². The Kier molecular flexibility index (Phi) is 6.13. The first-order chi connectivity index (χ1) is 13.8. The maximum atomic E-state index is 13.4. The van der Waals surface area contributed by atoms with Crippen molar-refractivity contribution in [3.8, 4) is 17.0 Å². The van der Waals surface area contributed by atoms with Crippen LogP contribution in [0.1, 0.15) is 0 Å². The topological polar surface area (TPSA) is 79.3 Å². The first kappa shape index (κ1) is 20.3. The van der Waals surface area contributed by atoms with E-state index >= 15 is 0 Å². The molecule has 0 aliphatic rings. The fourth-order valence-electron chi connectivity index (χ4n) is 2.47. The number of benzene rings is 2. The molecule has 10 heteroatoms. The normalized spacial score (nSPS) is 11.2. The highest BCUT2D eigenvalue weighted by Crippen LogP contribution is 2.29. The van der Waals surface area contributed by atoms with E-state index in [2.05, 4.69) is 25.3 Å². The summed E-state index contributed by atoms with van der Waals surface area (Å²) >= 11 is 0. The Bertz CT molecular complexity index is 982. The van der Waals surface area contributed by atoms with E-state index in [0.29, 0.717) is 16.9 Å². The van der Waals surface area contributed by atoms with Gasteiger partial charge in [-0.1, -0.05) is 18.2 Å². The van der Waals surface area contributed by atoms with Gasteiger partial charge in [0.15, 0.2) is 0 Å². The van der Waals surface area contributed by atoms with Crippen molar-refractivity contribution >= 4 is 17.5 Å². The van der Waals surface area contributed by atoms with E-state index in [4.69, 9.17) is 5.11 Å². The minimum Gasteiger partial charge on any atom is -0.406 e. The molecule has 1 heterocycles. The summed E-state index contributed by atoms with van der Waals surface area (Å²) in [6.45, 7) is -0.00473. The van der Waals surface area contributed by atoms with Crippen LogP contribution in [0.15, 0.2) is 54.6 Å². The third-order valence-corrected chi connectivity index (χ3v) is 3.58. The molecule has 3 N–H and O–H groups in total. The lowest BCUT2D eigenvalue weighted by Gasteiger charge is -2.13. The van der Waals surface area contributed by atoms with E-state index in [-0.39, 0.29) is 24.9 Å². The zero-order valence-corrected chi connectivity index (χ0v) is 14.9. The second-order valence-electron chi connectivity index (χ2n) is 5.82. The summed E-state index contributed by atoms with van der Waals surface area (Å²) < 4.78 is 54.9. The molecule has 2 aromatic carbocycles. The monoisotopic (exact) mass is 408 g/mol. The minimum atomic E-state index is -4.82. The van der Waals surface area contributed by atoms with Gasteiger partial charge in [-0.05, 0) is 30.3 Å². The Morgan fingerprint density at radius 1 is 1.00 bits per heavy atom. The van der Waals surface area contributed by atoms with E-state index in [9.17, 15) is 17.6 Å². The molecule has 0 fully saturated rings. The van der Waals surface area contributed by atoms with Crippen molar-refractivity contribution in [1.29, 1.82) is 0 Å². The Morgan fingerprint density at radius 2 is 1.79 bits per heavy atom. The molecule has 0 spiro atoms. The number of aromatic nitrogens is 2. The molecule has 0 saturated carbocycles. The van der Waals surface area contributed by atoms with Crippen molar-refractivity contribution in [3.05, 3.63) is 60.4 Å². The second-order valence-corrected chi connectivity index (χ2v) is 5.82. The first-order valence-corrected chi connectivity index (χ1v) is 8.45. The molecule has 0 atom stereocenters.